The van der Waals surface area contributed by atoms with E-state index in [1.807, 2.05) is 54.6 Å². The summed E-state index contributed by atoms with van der Waals surface area (Å²) in [5.41, 5.74) is 3.51. The molecule has 0 aliphatic carbocycles. The van der Waals surface area contributed by atoms with Gasteiger partial charge in [0.2, 0.25) is 5.91 Å². The fraction of sp³-hybridized carbons (Fsp3) is 0.136. The molecule has 0 bridgehead atoms. The molecule has 146 valence electrons. The molecule has 1 aliphatic rings. The van der Waals surface area contributed by atoms with Crippen LogP contribution < -0.4 is 10.6 Å². The molecule has 7 heteroatoms. The Bertz CT molecular complexity index is 1150. The second-order valence-electron chi connectivity index (χ2n) is 6.76. The van der Waals surface area contributed by atoms with Gasteiger partial charge >= 0.3 is 0 Å². The van der Waals surface area contributed by atoms with Crippen LogP contribution >= 0.6 is 15.9 Å². The van der Waals surface area contributed by atoms with Crippen molar-refractivity contribution in [1.29, 1.82) is 0 Å². The summed E-state index contributed by atoms with van der Waals surface area (Å²) in [6, 6.07) is 16.9. The lowest BCUT2D eigenvalue weighted by molar-refractivity contribution is -0.123. The van der Waals surface area contributed by atoms with E-state index < -0.39 is 11.8 Å². The van der Waals surface area contributed by atoms with Crippen molar-refractivity contribution in [3.05, 3.63) is 70.3 Å². The number of amides is 3. The summed E-state index contributed by atoms with van der Waals surface area (Å²) < 4.78 is 0.232. The van der Waals surface area contributed by atoms with Crippen molar-refractivity contribution in [1.82, 2.24) is 10.3 Å². The predicted molar refractivity (Wildman–Crippen MR) is 115 cm³/mol. The number of para-hydroxylation sites is 2. The third-order valence-corrected chi connectivity index (χ3v) is 5.55. The predicted octanol–water partition coefficient (Wildman–Crippen LogP) is 3.89. The number of hydrogen-bond donors (Lipinski definition) is 3. The summed E-state index contributed by atoms with van der Waals surface area (Å²) in [6.07, 6.45) is 1.51. The van der Waals surface area contributed by atoms with Crippen LogP contribution in [-0.4, -0.2) is 22.7 Å². The van der Waals surface area contributed by atoms with Gasteiger partial charge in [0.05, 0.1) is 10.1 Å². The second kappa shape index (κ2) is 8.05. The van der Waals surface area contributed by atoms with Crippen LogP contribution in [0.3, 0.4) is 0 Å². The lowest BCUT2D eigenvalue weighted by Gasteiger charge is -2.07. The minimum atomic E-state index is -0.441. The highest BCUT2D eigenvalue weighted by Crippen LogP contribution is 2.35. The second-order valence-corrected chi connectivity index (χ2v) is 7.56. The molecule has 3 N–H and O–H groups in total. The average Bonchev–Trinajstić information content (AvgIpc) is 3.18. The number of H-pyrrole nitrogens is 1. The lowest BCUT2D eigenvalue weighted by atomic mass is 9.99. The van der Waals surface area contributed by atoms with Crippen molar-refractivity contribution in [2.45, 2.75) is 19.3 Å². The highest BCUT2D eigenvalue weighted by molar-refractivity contribution is 9.12. The first-order valence-corrected chi connectivity index (χ1v) is 10.0. The maximum atomic E-state index is 12.4. The van der Waals surface area contributed by atoms with E-state index in [2.05, 4.69) is 31.5 Å². The van der Waals surface area contributed by atoms with Gasteiger partial charge in [-0.3, -0.25) is 19.7 Å². The van der Waals surface area contributed by atoms with Crippen LogP contribution in [0.4, 0.5) is 5.69 Å². The van der Waals surface area contributed by atoms with Crippen LogP contribution in [0, 0.1) is 0 Å². The number of halogens is 1. The van der Waals surface area contributed by atoms with Gasteiger partial charge in [0.1, 0.15) is 0 Å². The number of aryl methyl sites for hydroxylation is 1. The lowest BCUT2D eigenvalue weighted by Crippen LogP contribution is -2.22. The summed E-state index contributed by atoms with van der Waals surface area (Å²) in [6.45, 7) is 0. The number of carbonyl (C=O) groups excluding carboxylic acids is 3. The summed E-state index contributed by atoms with van der Waals surface area (Å²) >= 11 is 3.25. The largest absolute Gasteiger partial charge is 0.358 e. The van der Waals surface area contributed by atoms with Crippen LogP contribution in [0.2, 0.25) is 0 Å². The molecule has 29 heavy (non-hydrogen) atoms. The number of fused-ring (bicyclic) bond motifs is 1. The monoisotopic (exact) mass is 451 g/mol. The van der Waals surface area contributed by atoms with Crippen molar-refractivity contribution in [2.24, 2.45) is 0 Å². The molecule has 2 aromatic carbocycles. The number of aromatic amines is 1. The Morgan fingerprint density at radius 3 is 2.41 bits per heavy atom. The normalized spacial score (nSPS) is 13.8. The van der Waals surface area contributed by atoms with E-state index in [4.69, 9.17) is 0 Å². The Morgan fingerprint density at radius 2 is 1.69 bits per heavy atom. The molecule has 0 saturated carbocycles. The number of rotatable bonds is 6. The van der Waals surface area contributed by atoms with Gasteiger partial charge in [0.15, 0.2) is 0 Å². The summed E-state index contributed by atoms with van der Waals surface area (Å²) in [4.78, 5) is 39.9. The number of anilines is 1. The van der Waals surface area contributed by atoms with Crippen molar-refractivity contribution in [2.75, 3.05) is 5.32 Å². The Kier molecular flexibility index (Phi) is 5.31. The molecular formula is C22H18BrN3O3. The van der Waals surface area contributed by atoms with E-state index in [1.165, 1.54) is 0 Å². The molecule has 1 aromatic heterocycles. The Morgan fingerprint density at radius 1 is 0.966 bits per heavy atom. The number of imide groups is 1. The van der Waals surface area contributed by atoms with Crippen molar-refractivity contribution in [3.63, 3.8) is 0 Å². The van der Waals surface area contributed by atoms with E-state index in [-0.39, 0.29) is 10.4 Å². The number of aromatic nitrogens is 1. The fourth-order valence-corrected chi connectivity index (χ4v) is 3.98. The van der Waals surface area contributed by atoms with E-state index in [0.29, 0.717) is 30.4 Å². The molecule has 2 heterocycles. The van der Waals surface area contributed by atoms with Gasteiger partial charge < -0.3 is 10.3 Å². The van der Waals surface area contributed by atoms with Gasteiger partial charge in [-0.05, 0) is 47.0 Å². The smallest absolute Gasteiger partial charge is 0.265 e. The summed E-state index contributed by atoms with van der Waals surface area (Å²) in [5.74, 6) is -0.929. The van der Waals surface area contributed by atoms with Crippen LogP contribution in [-0.2, 0) is 20.8 Å². The van der Waals surface area contributed by atoms with Crippen molar-refractivity contribution < 1.29 is 14.4 Å². The first-order valence-electron chi connectivity index (χ1n) is 9.25. The fourth-order valence-electron chi connectivity index (χ4n) is 3.50. The average molecular weight is 452 g/mol. The van der Waals surface area contributed by atoms with Crippen LogP contribution in [0.1, 0.15) is 24.1 Å². The van der Waals surface area contributed by atoms with Gasteiger partial charge in [-0.15, -0.1) is 0 Å². The van der Waals surface area contributed by atoms with E-state index in [1.54, 1.807) is 0 Å². The number of carbonyl (C=O) groups is 3. The topological polar surface area (TPSA) is 91.1 Å². The molecule has 6 nitrogen and oxygen atoms in total. The van der Waals surface area contributed by atoms with Gasteiger partial charge in [-0.25, -0.2) is 0 Å². The highest BCUT2D eigenvalue weighted by atomic mass is 79.9. The molecule has 4 rings (SSSR count). The van der Waals surface area contributed by atoms with Gasteiger partial charge in [0, 0.05) is 34.3 Å². The summed E-state index contributed by atoms with van der Waals surface area (Å²) in [5, 5.41) is 6.06. The van der Waals surface area contributed by atoms with Gasteiger partial charge in [-0.2, -0.15) is 0 Å². The Balaban J connectivity index is 1.56. The minimum absolute atomic E-state index is 0.0666. The molecular weight excluding hydrogens is 434 g/mol. The zero-order valence-electron chi connectivity index (χ0n) is 15.4. The standard InChI is InChI=1S/C22H18BrN3O3/c23-20-19(21(28)26-22(20)29)18-14-9-4-5-10-15(14)25-16(18)11-6-12-17(27)24-13-7-2-1-3-8-13/h1-5,7-10,25H,6,11-12H2,(H,24,27)(H,26,28,29). The quantitative estimate of drug-likeness (QED) is 0.496. The molecule has 1 aliphatic heterocycles. The van der Waals surface area contributed by atoms with Gasteiger partial charge in [0.25, 0.3) is 11.8 Å². The first-order chi connectivity index (χ1) is 14.0. The first kappa shape index (κ1) is 19.1. The third kappa shape index (κ3) is 3.86. The molecule has 3 amide bonds. The molecule has 0 radical (unpaired) electrons. The molecule has 0 unspecified atom stereocenters. The third-order valence-electron chi connectivity index (χ3n) is 4.79. The van der Waals surface area contributed by atoms with Crippen LogP contribution in [0.25, 0.3) is 16.5 Å². The molecule has 0 saturated heterocycles. The SMILES string of the molecule is O=C(CCCc1[nH]c2ccccc2c1C1=C(Br)C(=O)NC1=O)Nc1ccccc1. The summed E-state index contributed by atoms with van der Waals surface area (Å²) in [7, 11) is 0. The highest BCUT2D eigenvalue weighted by Gasteiger charge is 2.32. The van der Waals surface area contributed by atoms with Gasteiger partial charge in [-0.1, -0.05) is 36.4 Å². The number of hydrogen-bond acceptors (Lipinski definition) is 3. The number of nitrogens with one attached hydrogen (secondary N) is 3. The Labute approximate surface area is 175 Å². The van der Waals surface area contributed by atoms with E-state index >= 15 is 0 Å². The number of benzene rings is 2. The van der Waals surface area contributed by atoms with E-state index in [9.17, 15) is 14.4 Å². The van der Waals surface area contributed by atoms with Crippen molar-refractivity contribution >= 4 is 55.8 Å². The zero-order valence-corrected chi connectivity index (χ0v) is 17.0. The van der Waals surface area contributed by atoms with E-state index in [0.717, 1.165) is 22.3 Å². The molecule has 3 aromatic rings. The molecule has 0 fully saturated rings. The maximum absolute atomic E-state index is 12.4. The minimum Gasteiger partial charge on any atom is -0.358 e. The van der Waals surface area contributed by atoms with Crippen molar-refractivity contribution in [3.8, 4) is 0 Å². The maximum Gasteiger partial charge on any atom is 0.265 e. The zero-order chi connectivity index (χ0) is 20.4. The molecule has 0 atom stereocenters. The van der Waals surface area contributed by atoms with Crippen LogP contribution in [0.5, 0.6) is 0 Å². The molecule has 0 spiro atoms. The Hall–Kier alpha value is -3.19. The van der Waals surface area contributed by atoms with Crippen LogP contribution in [0.15, 0.2) is 59.1 Å².